The number of anilines is 1. The van der Waals surface area contributed by atoms with E-state index in [-0.39, 0.29) is 16.5 Å². The molecule has 1 aromatic carbocycles. The van der Waals surface area contributed by atoms with Crippen LogP contribution < -0.4 is 20.9 Å². The van der Waals surface area contributed by atoms with Gasteiger partial charge in [0, 0.05) is 41.8 Å². The van der Waals surface area contributed by atoms with Gasteiger partial charge in [-0.15, -0.1) is 20.3 Å². The van der Waals surface area contributed by atoms with Crippen LogP contribution in [0.3, 0.4) is 0 Å². The minimum Gasteiger partial charge on any atom is -0.489 e. The highest BCUT2D eigenvalue weighted by molar-refractivity contribution is 7.81. The van der Waals surface area contributed by atoms with Crippen molar-refractivity contribution < 1.29 is 50.6 Å². The number of pyridine rings is 1. The molecule has 5 N–H and O–H groups in total. The number of β-lactam (4-membered cyclic amide) rings is 1. The van der Waals surface area contributed by atoms with Crippen LogP contribution in [-0.2, 0) is 58.1 Å². The highest BCUT2D eigenvalue weighted by Gasteiger charge is 2.57. The average molecular weight is 760 g/mol. The van der Waals surface area contributed by atoms with Crippen molar-refractivity contribution in [2.45, 2.75) is 51.3 Å². The number of Topliss-reactive ketones (excluding diaryl/α,β-unsaturated/α-hetero) is 1. The molecular formula is C32H39N8O10S2+. The van der Waals surface area contributed by atoms with Gasteiger partial charge in [0.1, 0.15) is 18.1 Å². The van der Waals surface area contributed by atoms with Crippen molar-refractivity contribution in [2.75, 3.05) is 26.0 Å². The van der Waals surface area contributed by atoms with E-state index in [4.69, 9.17) is 30.3 Å². The third-order valence-corrected chi connectivity index (χ3v) is 9.94. The number of aryl methyl sites for hydroxylation is 1. The smallest absolute Gasteiger partial charge is 0.420 e. The van der Waals surface area contributed by atoms with Crippen LogP contribution in [0.15, 0.2) is 53.1 Å². The van der Waals surface area contributed by atoms with Crippen molar-refractivity contribution in [1.29, 1.82) is 0 Å². The van der Waals surface area contributed by atoms with Crippen molar-refractivity contribution in [3.63, 3.8) is 0 Å². The first kappa shape index (κ1) is 38.2. The second kappa shape index (κ2) is 15.7. The largest absolute Gasteiger partial charge is 0.489 e. The van der Waals surface area contributed by atoms with E-state index in [0.29, 0.717) is 23.8 Å². The van der Waals surface area contributed by atoms with Crippen LogP contribution in [0, 0.1) is 5.92 Å². The number of hydrogen-bond donors (Lipinski definition) is 3. The first-order valence-electron chi connectivity index (χ1n) is 16.0. The Morgan fingerprint density at radius 2 is 1.96 bits per heavy atom. The van der Waals surface area contributed by atoms with E-state index in [1.54, 1.807) is 18.2 Å². The summed E-state index contributed by atoms with van der Waals surface area (Å²) >= 11 is 1.00. The van der Waals surface area contributed by atoms with E-state index in [0.717, 1.165) is 53.7 Å². The Hall–Kier alpha value is -5.02. The summed E-state index contributed by atoms with van der Waals surface area (Å²) < 4.78 is 42.4. The number of ketones is 1. The minimum atomic E-state index is -4.49. The lowest BCUT2D eigenvalue weighted by Gasteiger charge is -2.50. The third-order valence-electron chi connectivity index (χ3n) is 8.52. The molecule has 1 aliphatic heterocycles. The van der Waals surface area contributed by atoms with Gasteiger partial charge in [-0.2, -0.15) is 18.2 Å². The molecule has 1 fully saturated rings. The second-order valence-electron chi connectivity index (χ2n) is 12.3. The fourth-order valence-electron chi connectivity index (χ4n) is 5.46. The molecule has 0 saturated carbocycles. The zero-order valence-electron chi connectivity index (χ0n) is 28.8. The maximum Gasteiger partial charge on any atom is 0.420 e. The number of thiazole rings is 1. The van der Waals surface area contributed by atoms with E-state index >= 15 is 0 Å². The highest BCUT2D eigenvalue weighted by atomic mass is 32.3. The Kier molecular flexibility index (Phi) is 11.5. The number of nitrogens with two attached hydrogens (primary N) is 2. The number of nitrogen functional groups attached to an aromatic ring is 1. The lowest BCUT2D eigenvalue weighted by atomic mass is 9.74. The molecule has 5 rings (SSSR count). The predicted octanol–water partition coefficient (Wildman–Crippen LogP) is 1.11. The van der Waals surface area contributed by atoms with Crippen LogP contribution in [0.5, 0.6) is 5.75 Å². The number of benzene rings is 1. The van der Waals surface area contributed by atoms with Gasteiger partial charge in [-0.05, 0) is 44.7 Å². The number of ether oxygens (including phenoxy) is 1. The van der Waals surface area contributed by atoms with Crippen LogP contribution >= 0.6 is 11.3 Å². The van der Waals surface area contributed by atoms with Crippen molar-refractivity contribution in [1.82, 2.24) is 19.7 Å². The number of carbonyl (C=O) groups excluding carboxylic acids is 2. The molecule has 20 heteroatoms. The second-order valence-corrected chi connectivity index (χ2v) is 14.5. The lowest BCUT2D eigenvalue weighted by Crippen LogP contribution is -2.68. The number of carboxylic acid groups (broad SMARTS) is 1. The van der Waals surface area contributed by atoms with Gasteiger partial charge in [-0.1, -0.05) is 11.2 Å². The Morgan fingerprint density at radius 3 is 2.62 bits per heavy atom. The summed E-state index contributed by atoms with van der Waals surface area (Å²) in [5.74, 6) is -3.63. The van der Waals surface area contributed by atoms with Crippen LogP contribution in [0.1, 0.15) is 43.8 Å². The number of aliphatic carboxylic acids is 1. The maximum absolute atomic E-state index is 13.5. The summed E-state index contributed by atoms with van der Waals surface area (Å²) in [6.07, 6.45) is 1.41. The van der Waals surface area contributed by atoms with E-state index in [9.17, 15) is 27.9 Å². The molecule has 0 aliphatic carbocycles. The topological polar surface area (TPSA) is 245 Å². The summed E-state index contributed by atoms with van der Waals surface area (Å²) in [6.45, 7) is 3.95. The Morgan fingerprint density at radius 1 is 1.19 bits per heavy atom. The Labute approximate surface area is 302 Å². The van der Waals surface area contributed by atoms with Gasteiger partial charge < -0.3 is 26.1 Å². The van der Waals surface area contributed by atoms with E-state index in [2.05, 4.69) is 29.8 Å². The molecule has 52 heavy (non-hydrogen) atoms. The van der Waals surface area contributed by atoms with E-state index in [1.165, 1.54) is 19.2 Å². The molecular weight excluding hydrogens is 721 g/mol. The first-order chi connectivity index (χ1) is 24.6. The number of carboxylic acids is 1. The van der Waals surface area contributed by atoms with Gasteiger partial charge in [-0.25, -0.2) is 9.78 Å². The number of nitrogens with zero attached hydrogens (tertiary/aromatic N) is 6. The summed E-state index contributed by atoms with van der Waals surface area (Å²) in [7, 11) is -1.63. The first-order valence-corrected chi connectivity index (χ1v) is 18.2. The Bertz CT molecular complexity index is 2110. The molecule has 4 heterocycles. The van der Waals surface area contributed by atoms with Crippen molar-refractivity contribution in [2.24, 2.45) is 23.9 Å². The highest BCUT2D eigenvalue weighted by Crippen LogP contribution is 2.41. The third kappa shape index (κ3) is 8.53. The molecule has 1 amide bonds. The number of oxime groups is 1. The molecule has 0 bridgehead atoms. The number of rotatable bonds is 18. The summed E-state index contributed by atoms with van der Waals surface area (Å²) in [6, 6.07) is 11.0. The molecule has 0 radical (unpaired) electrons. The molecule has 4 aromatic rings. The fourth-order valence-corrected chi connectivity index (χ4v) is 6.52. The monoisotopic (exact) mass is 759 g/mol. The summed E-state index contributed by atoms with van der Waals surface area (Å²) in [5.41, 5.74) is 12.5. The summed E-state index contributed by atoms with van der Waals surface area (Å²) in [5, 5.41) is 16.6. The molecule has 0 unspecified atom stereocenters. The lowest BCUT2D eigenvalue weighted by molar-refractivity contribution is -0.773. The molecule has 2 atom stereocenters. The quantitative estimate of drug-likeness (QED) is 0.0557. The van der Waals surface area contributed by atoms with Crippen molar-refractivity contribution >= 4 is 61.1 Å². The van der Waals surface area contributed by atoms with Gasteiger partial charge in [0.25, 0.3) is 12.0 Å². The molecule has 278 valence electrons. The molecule has 0 spiro atoms. The molecule has 18 nitrogen and oxygen atoms in total. The standard InChI is InChI=1S/C32H38N8O10S2/c1-32(2)23(29(42)40(32)50-52(45,46)47-4)16-26(41)28(25-18-51-31(34)36-25)37-49-27(30(43)44)17-48-22-8-9-24-19(14-22)6-7-20(35-24)15-21-10-13-39(38(21)3)12-5-11-33/h6-10,13-14,18,23,27H,5,11-12,15-17,33H2,1-4H3,(H2-,34,36,43,44)/p+1/b37-28-/t23-,27+/m1/s1. The number of amides is 1. The van der Waals surface area contributed by atoms with Gasteiger partial charge in [0.05, 0.1) is 36.8 Å². The predicted molar refractivity (Wildman–Crippen MR) is 186 cm³/mol. The number of hydrogen-bond acceptors (Lipinski definition) is 15. The SMILES string of the molecule is COS(=O)(=O)ON1C(=O)[C@@H](CC(=O)/C(=N\O[C@@H](COc2ccc3nc(Cc4cc[n+](CCCN)n4C)ccc3c2)C(=O)O)c2csc(N)n2)C1(C)C. The number of hydroxylamine groups is 2. The molecule has 1 saturated heterocycles. The number of aromatic nitrogens is 4. The zero-order valence-corrected chi connectivity index (χ0v) is 30.4. The van der Waals surface area contributed by atoms with Gasteiger partial charge in [0.2, 0.25) is 0 Å². The summed E-state index contributed by atoms with van der Waals surface area (Å²) in [4.78, 5) is 52.5. The Balaban J connectivity index is 1.26. The average Bonchev–Trinajstić information content (AvgIpc) is 3.70. The molecule has 1 aliphatic rings. The number of fused-ring (bicyclic) bond motifs is 1. The minimum absolute atomic E-state index is 0.00322. The normalized spacial score (nSPS) is 16.5. The maximum atomic E-state index is 13.5. The number of carbonyl (C=O) groups is 3. The van der Waals surface area contributed by atoms with Crippen LogP contribution in [0.4, 0.5) is 5.13 Å². The zero-order chi connectivity index (χ0) is 37.8. The van der Waals surface area contributed by atoms with E-state index < -0.39 is 58.6 Å². The van der Waals surface area contributed by atoms with Gasteiger partial charge >= 0.3 is 16.4 Å². The van der Waals surface area contributed by atoms with Crippen LogP contribution in [0.25, 0.3) is 10.9 Å². The van der Waals surface area contributed by atoms with E-state index in [1.807, 2.05) is 25.4 Å². The van der Waals surface area contributed by atoms with Gasteiger partial charge in [-0.3, -0.25) is 18.8 Å². The van der Waals surface area contributed by atoms with Crippen LogP contribution in [-0.4, -0.2) is 88.5 Å². The van der Waals surface area contributed by atoms with Crippen molar-refractivity contribution in [3.8, 4) is 5.75 Å². The molecule has 3 aromatic heterocycles. The van der Waals surface area contributed by atoms with Crippen molar-refractivity contribution in [3.05, 3.63) is 65.1 Å². The van der Waals surface area contributed by atoms with Crippen LogP contribution in [0.2, 0.25) is 0 Å². The van der Waals surface area contributed by atoms with Gasteiger partial charge in [0.15, 0.2) is 29.4 Å². The fraction of sp³-hybridized carbons (Fsp3) is 0.406.